The fourth-order valence-electron chi connectivity index (χ4n) is 2.26. The van der Waals surface area contributed by atoms with Crippen LogP contribution in [0.1, 0.15) is 4.88 Å². The Labute approximate surface area is 125 Å². The first-order valence-corrected chi connectivity index (χ1v) is 7.41. The number of fused-ring (bicyclic) bond motifs is 1. The van der Waals surface area contributed by atoms with E-state index < -0.39 is 0 Å². The highest BCUT2D eigenvalue weighted by molar-refractivity contribution is 7.09. The smallest absolute Gasteiger partial charge is 0.277 e. The van der Waals surface area contributed by atoms with Crippen LogP contribution in [-0.2, 0) is 6.42 Å². The molecule has 106 valence electrons. The molecule has 0 bridgehead atoms. The maximum Gasteiger partial charge on any atom is 0.277 e. The van der Waals surface area contributed by atoms with Gasteiger partial charge < -0.3 is 5.32 Å². The van der Waals surface area contributed by atoms with Crippen LogP contribution in [0.5, 0.6) is 0 Å². The number of nitrogens with zero attached hydrogens (tertiary/aromatic N) is 2. The van der Waals surface area contributed by atoms with E-state index in [1.54, 1.807) is 35.9 Å². The van der Waals surface area contributed by atoms with E-state index in [4.69, 9.17) is 0 Å². The summed E-state index contributed by atoms with van der Waals surface area (Å²) in [6, 6.07) is 9.09. The molecule has 21 heavy (non-hydrogen) atoms. The van der Waals surface area contributed by atoms with E-state index in [1.807, 2.05) is 6.07 Å². The Kier molecular flexibility index (Phi) is 3.79. The topological polar surface area (TPSA) is 68.1 Å². The Bertz CT molecular complexity index is 772. The van der Waals surface area contributed by atoms with Crippen LogP contribution in [0, 0.1) is 10.1 Å². The van der Waals surface area contributed by atoms with Crippen molar-refractivity contribution >= 4 is 33.5 Å². The summed E-state index contributed by atoms with van der Waals surface area (Å²) in [6.07, 6.45) is 4.16. The van der Waals surface area contributed by atoms with Crippen molar-refractivity contribution in [2.45, 2.75) is 6.42 Å². The number of hydrogen-bond acceptors (Lipinski definition) is 5. The molecule has 0 saturated carbocycles. The minimum absolute atomic E-state index is 0.108. The van der Waals surface area contributed by atoms with Crippen molar-refractivity contribution < 1.29 is 4.92 Å². The molecule has 0 aliphatic rings. The van der Waals surface area contributed by atoms with Crippen molar-refractivity contribution in [1.82, 2.24) is 4.98 Å². The van der Waals surface area contributed by atoms with Gasteiger partial charge >= 0.3 is 0 Å². The van der Waals surface area contributed by atoms with Gasteiger partial charge in [0.05, 0.1) is 10.3 Å². The molecule has 0 saturated heterocycles. The average molecular weight is 299 g/mol. The number of rotatable bonds is 5. The molecule has 1 N–H and O–H groups in total. The van der Waals surface area contributed by atoms with Crippen molar-refractivity contribution in [2.24, 2.45) is 0 Å². The van der Waals surface area contributed by atoms with E-state index in [1.165, 1.54) is 10.9 Å². The number of pyridine rings is 1. The lowest BCUT2D eigenvalue weighted by atomic mass is 10.1. The Hall–Kier alpha value is -2.47. The molecule has 0 aliphatic carbocycles. The third kappa shape index (κ3) is 2.85. The number of non-ortho nitro benzene ring substituents is 1. The molecule has 2 heterocycles. The largest absolute Gasteiger partial charge is 0.384 e. The summed E-state index contributed by atoms with van der Waals surface area (Å²) < 4.78 is 0. The normalized spacial score (nSPS) is 10.7. The SMILES string of the molecule is O=[N+]([O-])c1ccc(NCCc2cccs2)c2cnccc12. The van der Waals surface area contributed by atoms with Crippen LogP contribution in [0.25, 0.3) is 10.8 Å². The van der Waals surface area contributed by atoms with Crippen LogP contribution in [-0.4, -0.2) is 16.5 Å². The van der Waals surface area contributed by atoms with Crippen molar-refractivity contribution in [3.8, 4) is 0 Å². The van der Waals surface area contributed by atoms with Gasteiger partial charge in [0.1, 0.15) is 0 Å². The molecule has 3 rings (SSSR count). The summed E-state index contributed by atoms with van der Waals surface area (Å²) in [5, 5.41) is 17.8. The molecule has 0 amide bonds. The third-order valence-electron chi connectivity index (χ3n) is 3.26. The lowest BCUT2D eigenvalue weighted by Gasteiger charge is -2.09. The maximum absolute atomic E-state index is 11.1. The number of nitro benzene ring substituents is 1. The molecule has 1 aromatic carbocycles. The minimum Gasteiger partial charge on any atom is -0.384 e. The molecule has 0 fully saturated rings. The number of hydrogen-bond donors (Lipinski definition) is 1. The third-order valence-corrected chi connectivity index (χ3v) is 4.19. The summed E-state index contributed by atoms with van der Waals surface area (Å²) >= 11 is 1.73. The number of nitrogens with one attached hydrogen (secondary N) is 1. The van der Waals surface area contributed by atoms with Crippen molar-refractivity contribution in [3.63, 3.8) is 0 Å². The Morgan fingerprint density at radius 1 is 1.24 bits per heavy atom. The number of anilines is 1. The van der Waals surface area contributed by atoms with Gasteiger partial charge in [-0.25, -0.2) is 0 Å². The Morgan fingerprint density at radius 3 is 2.90 bits per heavy atom. The van der Waals surface area contributed by atoms with Crippen LogP contribution in [0.15, 0.2) is 48.1 Å². The van der Waals surface area contributed by atoms with Crippen LogP contribution in [0.3, 0.4) is 0 Å². The second-order valence-electron chi connectivity index (χ2n) is 4.57. The molecule has 5 nitrogen and oxygen atoms in total. The van der Waals surface area contributed by atoms with Gasteiger partial charge in [0.2, 0.25) is 0 Å². The molecule has 0 spiro atoms. The standard InChI is InChI=1S/C15H13N3O2S/c19-18(20)15-4-3-14(13-10-16-7-6-12(13)15)17-8-5-11-2-1-9-21-11/h1-4,6-7,9-10,17H,5,8H2. The predicted octanol–water partition coefficient (Wildman–Crippen LogP) is 3.86. The van der Waals surface area contributed by atoms with Crippen LogP contribution < -0.4 is 5.32 Å². The van der Waals surface area contributed by atoms with E-state index in [0.29, 0.717) is 5.39 Å². The average Bonchev–Trinajstić information content (AvgIpc) is 3.00. The Balaban J connectivity index is 1.85. The van der Waals surface area contributed by atoms with Gasteiger partial charge in [-0.15, -0.1) is 11.3 Å². The van der Waals surface area contributed by atoms with Crippen LogP contribution >= 0.6 is 11.3 Å². The molecular weight excluding hydrogens is 286 g/mol. The number of nitro groups is 1. The number of thiophene rings is 1. The molecule has 0 radical (unpaired) electrons. The summed E-state index contributed by atoms with van der Waals surface area (Å²) in [7, 11) is 0. The zero-order chi connectivity index (χ0) is 14.7. The number of benzene rings is 1. The van der Waals surface area contributed by atoms with E-state index in [0.717, 1.165) is 24.0 Å². The van der Waals surface area contributed by atoms with Gasteiger partial charge in [-0.1, -0.05) is 6.07 Å². The van der Waals surface area contributed by atoms with Gasteiger partial charge in [0.25, 0.3) is 5.69 Å². The molecule has 0 aliphatic heterocycles. The lowest BCUT2D eigenvalue weighted by Crippen LogP contribution is -2.05. The Morgan fingerprint density at radius 2 is 2.14 bits per heavy atom. The lowest BCUT2D eigenvalue weighted by molar-refractivity contribution is -0.383. The van der Waals surface area contributed by atoms with Crippen molar-refractivity contribution in [2.75, 3.05) is 11.9 Å². The first-order chi connectivity index (χ1) is 10.3. The van der Waals surface area contributed by atoms with E-state index in [2.05, 4.69) is 21.7 Å². The highest BCUT2D eigenvalue weighted by atomic mass is 32.1. The van der Waals surface area contributed by atoms with Crippen LogP contribution in [0.2, 0.25) is 0 Å². The van der Waals surface area contributed by atoms with Gasteiger partial charge in [0, 0.05) is 41.0 Å². The molecule has 0 unspecified atom stereocenters. The van der Waals surface area contributed by atoms with E-state index in [9.17, 15) is 10.1 Å². The highest BCUT2D eigenvalue weighted by Gasteiger charge is 2.13. The molecule has 6 heteroatoms. The summed E-state index contributed by atoms with van der Waals surface area (Å²) in [5.74, 6) is 0. The van der Waals surface area contributed by atoms with Crippen molar-refractivity contribution in [3.05, 3.63) is 63.1 Å². The van der Waals surface area contributed by atoms with Gasteiger partial charge in [-0.05, 0) is 30.0 Å². The van der Waals surface area contributed by atoms with E-state index >= 15 is 0 Å². The fourth-order valence-corrected chi connectivity index (χ4v) is 2.97. The monoisotopic (exact) mass is 299 g/mol. The summed E-state index contributed by atoms with van der Waals surface area (Å²) in [4.78, 5) is 16.1. The van der Waals surface area contributed by atoms with Gasteiger partial charge in [-0.2, -0.15) is 0 Å². The first kappa shape index (κ1) is 13.5. The zero-order valence-corrected chi connectivity index (χ0v) is 12.0. The van der Waals surface area contributed by atoms with Crippen molar-refractivity contribution in [1.29, 1.82) is 0 Å². The zero-order valence-electron chi connectivity index (χ0n) is 11.2. The van der Waals surface area contributed by atoms with Crippen LogP contribution in [0.4, 0.5) is 11.4 Å². The number of aromatic nitrogens is 1. The first-order valence-electron chi connectivity index (χ1n) is 6.53. The fraction of sp³-hybridized carbons (Fsp3) is 0.133. The summed E-state index contributed by atoms with van der Waals surface area (Å²) in [5.41, 5.74) is 0.983. The molecule has 0 atom stereocenters. The predicted molar refractivity (Wildman–Crippen MR) is 84.9 cm³/mol. The quantitative estimate of drug-likeness (QED) is 0.574. The summed E-state index contributed by atoms with van der Waals surface area (Å²) in [6.45, 7) is 0.780. The van der Waals surface area contributed by atoms with Gasteiger partial charge in [-0.3, -0.25) is 15.1 Å². The van der Waals surface area contributed by atoms with E-state index in [-0.39, 0.29) is 10.6 Å². The second kappa shape index (κ2) is 5.88. The molecule has 3 aromatic rings. The minimum atomic E-state index is -0.363. The molecule has 2 aromatic heterocycles. The van der Waals surface area contributed by atoms with Gasteiger partial charge in [0.15, 0.2) is 0 Å². The highest BCUT2D eigenvalue weighted by Crippen LogP contribution is 2.30. The maximum atomic E-state index is 11.1. The second-order valence-corrected chi connectivity index (χ2v) is 5.60. The molecular formula is C15H13N3O2S.